The van der Waals surface area contributed by atoms with Gasteiger partial charge in [-0.2, -0.15) is 9.29 Å². The molecule has 2 aliphatic rings. The summed E-state index contributed by atoms with van der Waals surface area (Å²) in [6, 6.07) is 0. The third-order valence-corrected chi connectivity index (χ3v) is 7.13. The summed E-state index contributed by atoms with van der Waals surface area (Å²) in [7, 11) is -1.71. The number of nitrogens with zero attached hydrogens (tertiary/aromatic N) is 3. The van der Waals surface area contributed by atoms with Gasteiger partial charge in [-0.05, 0) is 25.7 Å². The molecule has 1 unspecified atom stereocenters. The predicted octanol–water partition coefficient (Wildman–Crippen LogP) is 1.99. The Morgan fingerprint density at radius 2 is 1.83 bits per heavy atom. The number of sulfonamides is 1. The summed E-state index contributed by atoms with van der Waals surface area (Å²) in [6.07, 6.45) is 9.19. The maximum atomic E-state index is 12.9. The van der Waals surface area contributed by atoms with Crippen LogP contribution in [0.2, 0.25) is 0 Å². The van der Waals surface area contributed by atoms with Gasteiger partial charge >= 0.3 is 0 Å². The summed E-state index contributed by atoms with van der Waals surface area (Å²) < 4.78 is 38.2. The van der Waals surface area contributed by atoms with E-state index in [1.807, 2.05) is 0 Å². The van der Waals surface area contributed by atoms with E-state index in [1.54, 1.807) is 4.31 Å². The zero-order valence-electron chi connectivity index (χ0n) is 14.1. The van der Waals surface area contributed by atoms with E-state index in [1.165, 1.54) is 19.5 Å². The molecule has 1 saturated carbocycles. The van der Waals surface area contributed by atoms with E-state index in [-0.39, 0.29) is 11.4 Å². The Hall–Kier alpha value is -1.41. The summed E-state index contributed by atoms with van der Waals surface area (Å²) in [5.74, 6) is 0.756. The normalized spacial score (nSPS) is 23.8. The van der Waals surface area contributed by atoms with Crippen LogP contribution in [0.15, 0.2) is 12.4 Å². The van der Waals surface area contributed by atoms with Gasteiger partial charge in [0.15, 0.2) is 0 Å². The quantitative estimate of drug-likeness (QED) is 0.803. The molecule has 0 spiro atoms. The number of ether oxygens (including phenoxy) is 2. The van der Waals surface area contributed by atoms with Crippen molar-refractivity contribution in [3.05, 3.63) is 12.4 Å². The van der Waals surface area contributed by atoms with Gasteiger partial charge < -0.3 is 9.47 Å². The zero-order chi connectivity index (χ0) is 17.0. The van der Waals surface area contributed by atoms with Crippen molar-refractivity contribution in [1.82, 2.24) is 14.3 Å². The molecule has 0 radical (unpaired) electrons. The van der Waals surface area contributed by atoms with Crippen molar-refractivity contribution in [2.75, 3.05) is 20.2 Å². The van der Waals surface area contributed by atoms with Gasteiger partial charge in [0, 0.05) is 6.54 Å². The second kappa shape index (κ2) is 7.65. The van der Waals surface area contributed by atoms with E-state index in [2.05, 4.69) is 9.97 Å². The van der Waals surface area contributed by atoms with Gasteiger partial charge in [0.1, 0.15) is 6.10 Å². The Labute approximate surface area is 143 Å². The van der Waals surface area contributed by atoms with Crippen molar-refractivity contribution in [2.45, 2.75) is 56.3 Å². The van der Waals surface area contributed by atoms with Crippen LogP contribution in [0.4, 0.5) is 0 Å². The smallest absolute Gasteiger partial charge is 0.235 e. The van der Waals surface area contributed by atoms with E-state index < -0.39 is 10.0 Å². The molecular formula is C16H25N3O4S. The highest BCUT2D eigenvalue weighted by Crippen LogP contribution is 2.28. The number of piperidine rings is 1. The first-order valence-corrected chi connectivity index (χ1v) is 10.1. The minimum Gasteiger partial charge on any atom is -0.480 e. The van der Waals surface area contributed by atoms with Crippen LogP contribution in [-0.4, -0.2) is 54.2 Å². The van der Waals surface area contributed by atoms with Crippen LogP contribution in [0.5, 0.6) is 11.8 Å². The molecule has 7 nitrogen and oxygen atoms in total. The second-order valence-corrected chi connectivity index (χ2v) is 8.66. The van der Waals surface area contributed by atoms with Gasteiger partial charge in [-0.15, -0.1) is 0 Å². The topological polar surface area (TPSA) is 81.6 Å². The minimum absolute atomic E-state index is 0.196. The summed E-state index contributed by atoms with van der Waals surface area (Å²) >= 11 is 0. The Kier molecular flexibility index (Phi) is 5.55. The highest BCUT2D eigenvalue weighted by Gasteiger charge is 2.36. The number of methoxy groups -OCH3 is 1. The van der Waals surface area contributed by atoms with Gasteiger partial charge in [-0.25, -0.2) is 8.42 Å². The maximum Gasteiger partial charge on any atom is 0.235 e. The van der Waals surface area contributed by atoms with Crippen LogP contribution in [-0.2, 0) is 10.0 Å². The van der Waals surface area contributed by atoms with Gasteiger partial charge in [0.2, 0.25) is 21.8 Å². The Morgan fingerprint density at radius 1 is 1.08 bits per heavy atom. The maximum absolute atomic E-state index is 12.9. The average Bonchev–Trinajstić information content (AvgIpc) is 2.63. The molecule has 0 N–H and O–H groups in total. The SMILES string of the molecule is COc1cncc(OC2CCCN(S(=O)(=O)C3CCCCC3)C2)n1. The molecule has 1 aliphatic heterocycles. The molecule has 8 heteroatoms. The molecular weight excluding hydrogens is 330 g/mol. The molecule has 0 amide bonds. The van der Waals surface area contributed by atoms with Crippen molar-refractivity contribution < 1.29 is 17.9 Å². The van der Waals surface area contributed by atoms with Crippen molar-refractivity contribution in [2.24, 2.45) is 0 Å². The van der Waals surface area contributed by atoms with Crippen molar-refractivity contribution in [3.63, 3.8) is 0 Å². The molecule has 1 aromatic rings. The molecule has 2 fully saturated rings. The molecule has 0 aromatic carbocycles. The molecule has 1 aliphatic carbocycles. The van der Waals surface area contributed by atoms with Crippen LogP contribution in [0.3, 0.4) is 0 Å². The number of rotatable bonds is 5. The van der Waals surface area contributed by atoms with Gasteiger partial charge in [-0.3, -0.25) is 4.98 Å². The largest absolute Gasteiger partial charge is 0.480 e. The molecule has 1 aromatic heterocycles. The van der Waals surface area contributed by atoms with E-state index in [0.717, 1.165) is 44.9 Å². The van der Waals surface area contributed by atoms with Gasteiger partial charge in [0.25, 0.3) is 0 Å². The molecule has 24 heavy (non-hydrogen) atoms. The van der Waals surface area contributed by atoms with Crippen molar-refractivity contribution in [1.29, 1.82) is 0 Å². The van der Waals surface area contributed by atoms with Gasteiger partial charge in [-0.1, -0.05) is 19.3 Å². The Bertz CT molecular complexity index is 646. The lowest BCUT2D eigenvalue weighted by Gasteiger charge is -2.35. The highest BCUT2D eigenvalue weighted by atomic mass is 32.2. The minimum atomic E-state index is -3.23. The van der Waals surface area contributed by atoms with Crippen LogP contribution in [0.1, 0.15) is 44.9 Å². The van der Waals surface area contributed by atoms with Crippen LogP contribution < -0.4 is 9.47 Å². The zero-order valence-corrected chi connectivity index (χ0v) is 14.9. The lowest BCUT2D eigenvalue weighted by Crippen LogP contribution is -2.48. The van der Waals surface area contributed by atoms with Crippen LogP contribution in [0.25, 0.3) is 0 Å². The Morgan fingerprint density at radius 3 is 2.58 bits per heavy atom. The average molecular weight is 355 g/mol. The molecule has 0 bridgehead atoms. The second-order valence-electron chi connectivity index (χ2n) is 6.44. The third kappa shape index (κ3) is 3.97. The lowest BCUT2D eigenvalue weighted by molar-refractivity contribution is 0.122. The number of hydrogen-bond donors (Lipinski definition) is 0. The van der Waals surface area contributed by atoms with E-state index in [4.69, 9.17) is 9.47 Å². The molecule has 134 valence electrons. The molecule has 1 saturated heterocycles. The first-order chi connectivity index (χ1) is 11.6. The molecule has 1 atom stereocenters. The fraction of sp³-hybridized carbons (Fsp3) is 0.750. The highest BCUT2D eigenvalue weighted by molar-refractivity contribution is 7.89. The molecule has 3 rings (SSSR count). The summed E-state index contributed by atoms with van der Waals surface area (Å²) in [6.45, 7) is 0.972. The standard InChI is InChI=1S/C16H25N3O4S/c1-22-15-10-17-11-16(18-15)23-13-6-5-9-19(12-13)24(20,21)14-7-3-2-4-8-14/h10-11,13-14H,2-9,12H2,1H3. The third-order valence-electron chi connectivity index (χ3n) is 4.76. The van der Waals surface area contributed by atoms with Crippen molar-refractivity contribution in [3.8, 4) is 11.8 Å². The summed E-state index contributed by atoms with van der Waals surface area (Å²) in [5, 5.41) is -0.221. The van der Waals surface area contributed by atoms with Gasteiger partial charge in [0.05, 0.1) is 31.3 Å². The van der Waals surface area contributed by atoms with Crippen molar-refractivity contribution >= 4 is 10.0 Å². The summed E-state index contributed by atoms with van der Waals surface area (Å²) in [4.78, 5) is 8.21. The number of hydrogen-bond acceptors (Lipinski definition) is 6. The van der Waals surface area contributed by atoms with E-state index in [0.29, 0.717) is 24.8 Å². The van der Waals surface area contributed by atoms with E-state index in [9.17, 15) is 8.42 Å². The van der Waals surface area contributed by atoms with Crippen LogP contribution >= 0.6 is 0 Å². The van der Waals surface area contributed by atoms with Crippen LogP contribution in [0, 0.1) is 0 Å². The first kappa shape index (κ1) is 17.4. The van der Waals surface area contributed by atoms with E-state index >= 15 is 0 Å². The Balaban J connectivity index is 1.65. The first-order valence-electron chi connectivity index (χ1n) is 8.61. The fourth-order valence-electron chi connectivity index (χ4n) is 3.46. The summed E-state index contributed by atoms with van der Waals surface area (Å²) in [5.41, 5.74) is 0. The molecule has 2 heterocycles. The lowest BCUT2D eigenvalue weighted by atomic mass is 10.0. The number of aromatic nitrogens is 2. The monoisotopic (exact) mass is 355 g/mol. The predicted molar refractivity (Wildman–Crippen MR) is 89.6 cm³/mol. The fourth-order valence-corrected chi connectivity index (χ4v) is 5.57.